The zero-order valence-corrected chi connectivity index (χ0v) is 14.5. The van der Waals surface area contributed by atoms with Crippen LogP contribution in [-0.2, 0) is 14.3 Å². The Morgan fingerprint density at radius 2 is 2.12 bits per heavy atom. The molecule has 1 amide bonds. The minimum Gasteiger partial charge on any atom is -0.378 e. The molecule has 2 aliphatic heterocycles. The molecule has 2 fully saturated rings. The van der Waals surface area contributed by atoms with Gasteiger partial charge in [0, 0.05) is 45.3 Å². The van der Waals surface area contributed by atoms with E-state index < -0.39 is 0 Å². The topological polar surface area (TPSA) is 67.8 Å². The number of rotatable bonds is 4. The Balaban J connectivity index is 1.75. The fourth-order valence-corrected chi connectivity index (χ4v) is 3.40. The maximum atomic E-state index is 12.1. The van der Waals surface area contributed by atoms with Gasteiger partial charge in [-0.05, 0) is 19.8 Å². The highest BCUT2D eigenvalue weighted by Gasteiger charge is 2.26. The molecule has 1 aromatic rings. The molecule has 7 nitrogen and oxygen atoms in total. The average molecular weight is 334 g/mol. The SMILES string of the molecule is COCC(=O)N1CCCC(c2cc(N3CCOCC3)nc(C)n2)C1. The van der Waals surface area contributed by atoms with Crippen LogP contribution in [0, 0.1) is 6.92 Å². The zero-order chi connectivity index (χ0) is 16.9. The molecule has 0 aliphatic carbocycles. The molecule has 0 spiro atoms. The van der Waals surface area contributed by atoms with Crippen LogP contribution in [0.2, 0.25) is 0 Å². The van der Waals surface area contributed by atoms with Gasteiger partial charge in [0.25, 0.3) is 0 Å². The summed E-state index contributed by atoms with van der Waals surface area (Å²) < 4.78 is 10.4. The molecule has 24 heavy (non-hydrogen) atoms. The van der Waals surface area contributed by atoms with Crippen LogP contribution >= 0.6 is 0 Å². The van der Waals surface area contributed by atoms with E-state index in [4.69, 9.17) is 9.47 Å². The van der Waals surface area contributed by atoms with E-state index >= 15 is 0 Å². The number of aromatic nitrogens is 2. The lowest BCUT2D eigenvalue weighted by molar-refractivity contribution is -0.136. The van der Waals surface area contributed by atoms with Crippen molar-refractivity contribution in [3.8, 4) is 0 Å². The first-order chi connectivity index (χ1) is 11.7. The van der Waals surface area contributed by atoms with Gasteiger partial charge in [0.2, 0.25) is 5.91 Å². The smallest absolute Gasteiger partial charge is 0.248 e. The predicted octanol–water partition coefficient (Wildman–Crippen LogP) is 0.974. The van der Waals surface area contributed by atoms with Crippen molar-refractivity contribution in [2.24, 2.45) is 0 Å². The highest BCUT2D eigenvalue weighted by Crippen LogP contribution is 2.28. The molecule has 1 atom stereocenters. The van der Waals surface area contributed by atoms with Crippen LogP contribution in [0.25, 0.3) is 0 Å². The van der Waals surface area contributed by atoms with E-state index in [9.17, 15) is 4.79 Å². The Morgan fingerprint density at radius 3 is 2.88 bits per heavy atom. The van der Waals surface area contributed by atoms with Crippen LogP contribution in [0.15, 0.2) is 6.07 Å². The number of anilines is 1. The third-order valence-electron chi connectivity index (χ3n) is 4.64. The van der Waals surface area contributed by atoms with Gasteiger partial charge in [-0.2, -0.15) is 0 Å². The predicted molar refractivity (Wildman–Crippen MR) is 90.2 cm³/mol. The monoisotopic (exact) mass is 334 g/mol. The zero-order valence-electron chi connectivity index (χ0n) is 14.5. The molecular weight excluding hydrogens is 308 g/mol. The minimum absolute atomic E-state index is 0.0568. The molecule has 0 radical (unpaired) electrons. The first-order valence-electron chi connectivity index (χ1n) is 8.62. The molecule has 1 unspecified atom stereocenters. The second-order valence-electron chi connectivity index (χ2n) is 6.41. The van der Waals surface area contributed by atoms with Gasteiger partial charge >= 0.3 is 0 Å². The summed E-state index contributed by atoms with van der Waals surface area (Å²) >= 11 is 0. The van der Waals surface area contributed by atoms with Crippen molar-refractivity contribution in [2.45, 2.75) is 25.7 Å². The molecular formula is C17H26N4O3. The fourth-order valence-electron chi connectivity index (χ4n) is 3.40. The number of piperidine rings is 1. The molecule has 0 saturated carbocycles. The van der Waals surface area contributed by atoms with Crippen molar-refractivity contribution in [1.82, 2.24) is 14.9 Å². The van der Waals surface area contributed by atoms with E-state index in [1.165, 1.54) is 0 Å². The first-order valence-corrected chi connectivity index (χ1v) is 8.62. The Labute approximate surface area is 143 Å². The lowest BCUT2D eigenvalue weighted by atomic mass is 9.94. The van der Waals surface area contributed by atoms with Gasteiger partial charge in [-0.1, -0.05) is 0 Å². The molecule has 7 heteroatoms. The summed E-state index contributed by atoms with van der Waals surface area (Å²) in [5.41, 5.74) is 1.04. The number of hydrogen-bond acceptors (Lipinski definition) is 6. The summed E-state index contributed by atoms with van der Waals surface area (Å²) in [6, 6.07) is 2.09. The average Bonchev–Trinajstić information content (AvgIpc) is 2.62. The van der Waals surface area contributed by atoms with E-state index in [-0.39, 0.29) is 18.4 Å². The molecule has 2 saturated heterocycles. The second kappa shape index (κ2) is 7.90. The van der Waals surface area contributed by atoms with Crippen LogP contribution in [0.1, 0.15) is 30.3 Å². The third kappa shape index (κ3) is 4.02. The minimum atomic E-state index is 0.0568. The van der Waals surface area contributed by atoms with Crippen LogP contribution in [0.3, 0.4) is 0 Å². The number of nitrogens with zero attached hydrogens (tertiary/aromatic N) is 4. The molecule has 0 N–H and O–H groups in total. The van der Waals surface area contributed by atoms with Gasteiger partial charge in [-0.3, -0.25) is 4.79 Å². The molecule has 132 valence electrons. The number of ether oxygens (including phenoxy) is 2. The van der Waals surface area contributed by atoms with Crippen molar-refractivity contribution in [3.05, 3.63) is 17.6 Å². The highest BCUT2D eigenvalue weighted by atomic mass is 16.5. The molecule has 3 heterocycles. The number of carbonyl (C=O) groups excluding carboxylic acids is 1. The number of carbonyl (C=O) groups is 1. The number of amides is 1. The normalized spacial score (nSPS) is 21.8. The van der Waals surface area contributed by atoms with Crippen LogP contribution in [0.4, 0.5) is 5.82 Å². The van der Waals surface area contributed by atoms with Crippen LogP contribution in [0.5, 0.6) is 0 Å². The second-order valence-corrected chi connectivity index (χ2v) is 6.41. The number of likely N-dealkylation sites (tertiary alicyclic amines) is 1. The van der Waals surface area contributed by atoms with Crippen molar-refractivity contribution in [2.75, 3.05) is 58.0 Å². The van der Waals surface area contributed by atoms with Gasteiger partial charge in [0.05, 0.1) is 18.9 Å². The first kappa shape index (κ1) is 17.1. The van der Waals surface area contributed by atoms with Gasteiger partial charge in [-0.15, -0.1) is 0 Å². The quantitative estimate of drug-likeness (QED) is 0.817. The maximum Gasteiger partial charge on any atom is 0.248 e. The van der Waals surface area contributed by atoms with Gasteiger partial charge in [-0.25, -0.2) is 9.97 Å². The van der Waals surface area contributed by atoms with E-state index in [1.807, 2.05) is 11.8 Å². The summed E-state index contributed by atoms with van der Waals surface area (Å²) in [7, 11) is 1.56. The summed E-state index contributed by atoms with van der Waals surface area (Å²) in [6.45, 7) is 6.79. The van der Waals surface area contributed by atoms with Crippen LogP contribution < -0.4 is 4.90 Å². The summed E-state index contributed by atoms with van der Waals surface area (Å²) in [5.74, 6) is 2.08. The molecule has 1 aromatic heterocycles. The Kier molecular flexibility index (Phi) is 5.63. The van der Waals surface area contributed by atoms with E-state index in [1.54, 1.807) is 7.11 Å². The molecule has 3 rings (SSSR count). The van der Waals surface area contributed by atoms with E-state index in [0.717, 1.165) is 63.0 Å². The third-order valence-corrected chi connectivity index (χ3v) is 4.64. The fraction of sp³-hybridized carbons (Fsp3) is 0.706. The number of hydrogen-bond donors (Lipinski definition) is 0. The van der Waals surface area contributed by atoms with Gasteiger partial charge < -0.3 is 19.3 Å². The largest absolute Gasteiger partial charge is 0.378 e. The van der Waals surface area contributed by atoms with Crippen molar-refractivity contribution < 1.29 is 14.3 Å². The van der Waals surface area contributed by atoms with Gasteiger partial charge in [0.15, 0.2) is 0 Å². The van der Waals surface area contributed by atoms with Gasteiger partial charge in [0.1, 0.15) is 18.2 Å². The van der Waals surface area contributed by atoms with Crippen molar-refractivity contribution in [1.29, 1.82) is 0 Å². The number of methoxy groups -OCH3 is 1. The van der Waals surface area contributed by atoms with E-state index in [2.05, 4.69) is 20.9 Å². The Morgan fingerprint density at radius 1 is 1.33 bits per heavy atom. The lowest BCUT2D eigenvalue weighted by Gasteiger charge is -2.33. The van der Waals surface area contributed by atoms with E-state index in [0.29, 0.717) is 6.54 Å². The molecule has 2 aliphatic rings. The molecule has 0 bridgehead atoms. The summed E-state index contributed by atoms with van der Waals surface area (Å²) in [4.78, 5) is 25.5. The van der Waals surface area contributed by atoms with Crippen molar-refractivity contribution in [3.63, 3.8) is 0 Å². The number of aryl methyl sites for hydroxylation is 1. The highest BCUT2D eigenvalue weighted by molar-refractivity contribution is 5.77. The Bertz CT molecular complexity index is 575. The van der Waals surface area contributed by atoms with Crippen LogP contribution in [-0.4, -0.2) is 73.9 Å². The lowest BCUT2D eigenvalue weighted by Crippen LogP contribution is -2.41. The van der Waals surface area contributed by atoms with Crippen molar-refractivity contribution >= 4 is 11.7 Å². The maximum absolute atomic E-state index is 12.1. The summed E-state index contributed by atoms with van der Waals surface area (Å²) in [5, 5.41) is 0. The number of morpholine rings is 1. The summed E-state index contributed by atoms with van der Waals surface area (Å²) in [6.07, 6.45) is 2.05. The standard InChI is InChI=1S/C17H26N4O3/c1-13-18-15(10-16(19-13)20-6-8-24-9-7-20)14-4-3-5-21(11-14)17(22)12-23-2/h10,14H,3-9,11-12H2,1-2H3. The molecule has 0 aromatic carbocycles. The Hall–Kier alpha value is -1.73.